The Morgan fingerprint density at radius 2 is 0.862 bits per heavy atom. The van der Waals surface area contributed by atoms with E-state index in [1.165, 1.54) is 218 Å². The van der Waals surface area contributed by atoms with Crippen molar-refractivity contribution in [1.29, 1.82) is 0 Å². The van der Waals surface area contributed by atoms with Gasteiger partial charge in [-0.15, -0.1) is 0 Å². The van der Waals surface area contributed by atoms with Gasteiger partial charge >= 0.3 is 0 Å². The number of amides is 1. The van der Waals surface area contributed by atoms with Crippen molar-refractivity contribution >= 4 is 13.7 Å². The van der Waals surface area contributed by atoms with Crippen molar-refractivity contribution in [2.24, 2.45) is 0 Å². The summed E-state index contributed by atoms with van der Waals surface area (Å²) in [5, 5.41) is 13.9. The lowest BCUT2D eigenvalue weighted by Crippen LogP contribution is -2.45. The molecule has 0 heterocycles. The summed E-state index contributed by atoms with van der Waals surface area (Å²) in [7, 11) is 1.26. The Morgan fingerprint density at radius 1 is 0.523 bits per heavy atom. The van der Waals surface area contributed by atoms with Gasteiger partial charge in [0.1, 0.15) is 13.2 Å². The van der Waals surface area contributed by atoms with Crippen molar-refractivity contribution in [2.45, 2.75) is 289 Å². The second kappa shape index (κ2) is 48.0. The zero-order valence-electron chi connectivity index (χ0n) is 44.0. The molecule has 9 heteroatoms. The van der Waals surface area contributed by atoms with E-state index in [-0.39, 0.29) is 19.1 Å². The summed E-state index contributed by atoms with van der Waals surface area (Å²) >= 11 is 0. The van der Waals surface area contributed by atoms with E-state index in [0.29, 0.717) is 17.4 Å². The molecule has 0 aromatic carbocycles. The van der Waals surface area contributed by atoms with Crippen LogP contribution in [0.4, 0.5) is 0 Å². The number of carbonyl (C=O) groups is 1. The Morgan fingerprint density at radius 3 is 1.25 bits per heavy atom. The van der Waals surface area contributed by atoms with Crippen molar-refractivity contribution < 1.29 is 32.9 Å². The average molecular weight is 939 g/mol. The number of nitrogens with zero attached hydrogens (tertiary/aromatic N) is 1. The highest BCUT2D eigenvalue weighted by Crippen LogP contribution is 2.38. The molecule has 0 aromatic rings. The lowest BCUT2D eigenvalue weighted by atomic mass is 10.0. The summed E-state index contributed by atoms with van der Waals surface area (Å²) in [5.74, 6) is -0.201. The predicted molar refractivity (Wildman–Crippen MR) is 279 cm³/mol. The number of rotatable bonds is 52. The second-order valence-corrected chi connectivity index (χ2v) is 22.1. The Bertz CT molecular complexity index is 1110. The molecule has 2 N–H and O–H groups in total. The smallest absolute Gasteiger partial charge is 0.268 e. The minimum Gasteiger partial charge on any atom is -0.756 e. The topological polar surface area (TPSA) is 108 Å². The van der Waals surface area contributed by atoms with Gasteiger partial charge < -0.3 is 28.8 Å². The average Bonchev–Trinajstić information content (AvgIpc) is 3.26. The molecule has 0 rings (SSSR count). The largest absolute Gasteiger partial charge is 0.756 e. The number of nitrogens with one attached hydrogen (secondary N) is 1. The number of likely N-dealkylation sites (N-methyl/N-ethyl adjacent to an activating group) is 1. The van der Waals surface area contributed by atoms with Gasteiger partial charge in [-0.1, -0.05) is 263 Å². The van der Waals surface area contributed by atoms with Gasteiger partial charge in [-0.2, -0.15) is 0 Å². The molecule has 0 aliphatic carbocycles. The first-order valence-corrected chi connectivity index (χ1v) is 29.7. The SMILES string of the molecule is CCCCCCCCCCCCCCCCCCC/C=C/CC/C=C/C(O)C(COP(=O)([O-])OCC[N+](C)(C)C)NC(=O)CCCCCCCCCCCCCCCCCCCCCC. The number of hydrogen-bond donors (Lipinski definition) is 2. The molecular weight excluding hydrogens is 828 g/mol. The lowest BCUT2D eigenvalue weighted by molar-refractivity contribution is -0.870. The van der Waals surface area contributed by atoms with Crippen molar-refractivity contribution in [3.8, 4) is 0 Å². The highest BCUT2D eigenvalue weighted by atomic mass is 31.2. The van der Waals surface area contributed by atoms with E-state index < -0.39 is 20.0 Å². The Hall–Kier alpha value is -1.02. The van der Waals surface area contributed by atoms with Crippen LogP contribution >= 0.6 is 7.82 Å². The molecule has 8 nitrogen and oxygen atoms in total. The monoisotopic (exact) mass is 939 g/mol. The van der Waals surface area contributed by atoms with E-state index in [1.807, 2.05) is 27.2 Å². The van der Waals surface area contributed by atoms with Crippen LogP contribution < -0.4 is 10.2 Å². The first-order chi connectivity index (χ1) is 31.5. The molecule has 1 amide bonds. The van der Waals surface area contributed by atoms with E-state index in [2.05, 4.69) is 31.3 Å². The molecule has 3 unspecified atom stereocenters. The number of phosphoric acid groups is 1. The molecule has 0 aliphatic heterocycles. The molecule has 3 atom stereocenters. The zero-order valence-corrected chi connectivity index (χ0v) is 44.9. The fraction of sp³-hybridized carbons (Fsp3) is 0.911. The second-order valence-electron chi connectivity index (χ2n) is 20.6. The molecular formula is C56H111N2O6P. The third-order valence-corrected chi connectivity index (χ3v) is 13.9. The summed E-state index contributed by atoms with van der Waals surface area (Å²) in [4.78, 5) is 25.5. The van der Waals surface area contributed by atoms with E-state index in [0.717, 1.165) is 38.5 Å². The normalized spacial score (nSPS) is 14.1. The molecule has 0 aromatic heterocycles. The van der Waals surface area contributed by atoms with Crippen molar-refractivity contribution in [3.63, 3.8) is 0 Å². The molecule has 0 fully saturated rings. The minimum atomic E-state index is -4.60. The molecule has 386 valence electrons. The van der Waals surface area contributed by atoms with Gasteiger partial charge in [-0.05, 0) is 32.1 Å². The van der Waals surface area contributed by atoms with Crippen molar-refractivity contribution in [3.05, 3.63) is 24.3 Å². The Kier molecular flexibility index (Phi) is 47.3. The van der Waals surface area contributed by atoms with E-state index in [4.69, 9.17) is 9.05 Å². The fourth-order valence-electron chi connectivity index (χ4n) is 8.47. The zero-order chi connectivity index (χ0) is 47.8. The summed E-state index contributed by atoms with van der Waals surface area (Å²) in [6, 6.07) is -0.900. The van der Waals surface area contributed by atoms with E-state index in [1.54, 1.807) is 6.08 Å². The quantitative estimate of drug-likeness (QED) is 0.0272. The summed E-state index contributed by atoms with van der Waals surface area (Å²) in [5.41, 5.74) is 0. The molecule has 0 bridgehead atoms. The Balaban J connectivity index is 4.26. The minimum absolute atomic E-state index is 0.00374. The lowest BCUT2D eigenvalue weighted by Gasteiger charge is -2.29. The predicted octanol–water partition coefficient (Wildman–Crippen LogP) is 16.2. The number of allylic oxidation sites excluding steroid dienone is 3. The van der Waals surface area contributed by atoms with E-state index >= 15 is 0 Å². The number of aliphatic hydroxyl groups is 1. The van der Waals surface area contributed by atoms with Crippen LogP contribution in [0.3, 0.4) is 0 Å². The van der Waals surface area contributed by atoms with Gasteiger partial charge in [0.05, 0.1) is 39.9 Å². The molecule has 0 spiro atoms. The maximum atomic E-state index is 12.9. The first kappa shape index (κ1) is 64.0. The van der Waals surface area contributed by atoms with Crippen LogP contribution in [-0.2, 0) is 18.4 Å². The number of hydrogen-bond acceptors (Lipinski definition) is 6. The summed E-state index contributed by atoms with van der Waals surface area (Å²) < 4.78 is 23.3. The van der Waals surface area contributed by atoms with Crippen molar-refractivity contribution in [1.82, 2.24) is 5.32 Å². The maximum absolute atomic E-state index is 12.9. The van der Waals surface area contributed by atoms with Gasteiger partial charge in [0, 0.05) is 6.42 Å². The highest BCUT2D eigenvalue weighted by Gasteiger charge is 2.23. The Labute approximate surface area is 404 Å². The third kappa shape index (κ3) is 50.7. The van der Waals surface area contributed by atoms with Crippen LogP contribution in [0.25, 0.3) is 0 Å². The molecule has 0 saturated carbocycles. The highest BCUT2D eigenvalue weighted by molar-refractivity contribution is 7.45. The first-order valence-electron chi connectivity index (χ1n) is 28.2. The van der Waals surface area contributed by atoms with Gasteiger partial charge in [0.25, 0.3) is 7.82 Å². The number of unbranched alkanes of at least 4 members (excludes halogenated alkanes) is 37. The molecule has 65 heavy (non-hydrogen) atoms. The summed E-state index contributed by atoms with van der Waals surface area (Å²) in [6.45, 7) is 4.67. The van der Waals surface area contributed by atoms with Gasteiger partial charge in [0.15, 0.2) is 0 Å². The van der Waals surface area contributed by atoms with Crippen LogP contribution in [-0.4, -0.2) is 68.5 Å². The number of quaternary nitrogens is 1. The van der Waals surface area contributed by atoms with Crippen LogP contribution in [0.5, 0.6) is 0 Å². The standard InChI is InChI=1S/C56H111N2O6P/c1-6-8-10-12-14-16-18-20-22-24-26-28-29-30-31-33-35-37-39-41-43-45-47-49-55(59)54(53-64-65(61,62)63-52-51-58(3,4)5)57-56(60)50-48-46-44-42-40-38-36-34-32-27-25-23-21-19-17-15-13-11-9-7-2/h39,41,47,49,54-55,59H,6-38,40,42-46,48,50-53H2,1-5H3,(H-,57,60,61,62)/b41-39+,49-47+. The van der Waals surface area contributed by atoms with Gasteiger partial charge in [-0.3, -0.25) is 9.36 Å². The van der Waals surface area contributed by atoms with E-state index in [9.17, 15) is 19.4 Å². The summed E-state index contributed by atoms with van der Waals surface area (Å²) in [6.07, 6.45) is 59.7. The molecule has 0 saturated heterocycles. The third-order valence-electron chi connectivity index (χ3n) is 12.9. The maximum Gasteiger partial charge on any atom is 0.268 e. The van der Waals surface area contributed by atoms with Crippen LogP contribution in [0.1, 0.15) is 277 Å². The van der Waals surface area contributed by atoms with Crippen molar-refractivity contribution in [2.75, 3.05) is 40.9 Å². The molecule has 0 aliphatic rings. The van der Waals surface area contributed by atoms with Crippen LogP contribution in [0, 0.1) is 0 Å². The number of aliphatic hydroxyl groups excluding tert-OH is 1. The molecule has 0 radical (unpaired) electrons. The fourth-order valence-corrected chi connectivity index (χ4v) is 9.19. The van der Waals surface area contributed by atoms with Gasteiger partial charge in [0.2, 0.25) is 5.91 Å². The van der Waals surface area contributed by atoms with Crippen LogP contribution in [0.15, 0.2) is 24.3 Å². The number of phosphoric ester groups is 1. The number of carbonyl (C=O) groups excluding carboxylic acids is 1. The van der Waals surface area contributed by atoms with Gasteiger partial charge in [-0.25, -0.2) is 0 Å². The van der Waals surface area contributed by atoms with Crippen LogP contribution in [0.2, 0.25) is 0 Å².